The van der Waals surface area contributed by atoms with Crippen molar-refractivity contribution in [2.45, 2.75) is 147 Å². The number of hydrogen-bond acceptors (Lipinski definition) is 3. The molecule has 2 aliphatic carbocycles. The molecule has 0 amide bonds. The summed E-state index contributed by atoms with van der Waals surface area (Å²) in [6.45, 7) is 2.27. The van der Waals surface area contributed by atoms with E-state index in [-0.39, 0.29) is 0 Å². The minimum Gasteiger partial charge on any atom is -0.416 e. The van der Waals surface area contributed by atoms with Gasteiger partial charge < -0.3 is 9.05 Å². The summed E-state index contributed by atoms with van der Waals surface area (Å²) >= 11 is 0. The van der Waals surface area contributed by atoms with Crippen LogP contribution in [0.15, 0.2) is 48.5 Å². The summed E-state index contributed by atoms with van der Waals surface area (Å²) in [5.74, 6) is 2.63. The maximum atomic E-state index is 14.1. The van der Waals surface area contributed by atoms with Crippen LogP contribution in [0.1, 0.15) is 158 Å². The molecule has 0 heterocycles. The maximum absolute atomic E-state index is 14.1. The minimum absolute atomic E-state index is 0.457. The van der Waals surface area contributed by atoms with Crippen LogP contribution in [0.2, 0.25) is 0 Å². The molecule has 0 spiro atoms. The first-order chi connectivity index (χ1) is 19.6. The van der Waals surface area contributed by atoms with Crippen LogP contribution >= 0.6 is 7.60 Å². The average molecular weight is 567 g/mol. The van der Waals surface area contributed by atoms with E-state index in [1.165, 1.54) is 127 Å². The highest BCUT2D eigenvalue weighted by Gasteiger charge is 2.28. The van der Waals surface area contributed by atoms with Gasteiger partial charge in [-0.25, -0.2) is 4.57 Å². The lowest BCUT2D eigenvalue weighted by Gasteiger charge is -2.24. The van der Waals surface area contributed by atoms with Gasteiger partial charge in [-0.1, -0.05) is 128 Å². The van der Waals surface area contributed by atoms with Gasteiger partial charge >= 0.3 is 7.60 Å². The second-order valence-electron chi connectivity index (χ2n) is 12.5. The summed E-state index contributed by atoms with van der Waals surface area (Å²) in [5.41, 5.74) is 2.77. The van der Waals surface area contributed by atoms with E-state index in [2.05, 4.69) is 31.2 Å². The zero-order chi connectivity index (χ0) is 27.9. The predicted octanol–water partition coefficient (Wildman–Crippen LogP) is 12.4. The zero-order valence-electron chi connectivity index (χ0n) is 25.3. The lowest BCUT2D eigenvalue weighted by atomic mass is 9.84. The molecule has 4 heteroatoms. The van der Waals surface area contributed by atoms with E-state index in [9.17, 15) is 4.57 Å². The molecule has 2 saturated carbocycles. The molecule has 0 aromatic heterocycles. The van der Waals surface area contributed by atoms with Crippen LogP contribution in [-0.2, 0) is 4.57 Å². The molecule has 4 rings (SSSR count). The first-order valence-electron chi connectivity index (χ1n) is 16.8. The van der Waals surface area contributed by atoms with Gasteiger partial charge in [0.1, 0.15) is 11.5 Å². The second kappa shape index (κ2) is 17.3. The fraction of sp³-hybridized carbons (Fsp3) is 0.667. The largest absolute Gasteiger partial charge is 0.430 e. The quantitative estimate of drug-likeness (QED) is 0.141. The second-order valence-corrected chi connectivity index (χ2v) is 14.5. The van der Waals surface area contributed by atoms with Gasteiger partial charge in [-0.2, -0.15) is 0 Å². The number of unbranched alkanes of at least 4 members (excludes halogenated alkanes) is 9. The number of hydrogen-bond donors (Lipinski definition) is 0. The Kier molecular flexibility index (Phi) is 13.5. The van der Waals surface area contributed by atoms with E-state index in [1.54, 1.807) is 0 Å². The predicted molar refractivity (Wildman–Crippen MR) is 170 cm³/mol. The van der Waals surface area contributed by atoms with Crippen LogP contribution in [0.3, 0.4) is 0 Å². The van der Waals surface area contributed by atoms with Crippen LogP contribution in [0.25, 0.3) is 0 Å². The van der Waals surface area contributed by atoms with Gasteiger partial charge in [0.25, 0.3) is 0 Å². The van der Waals surface area contributed by atoms with Crippen molar-refractivity contribution in [2.75, 3.05) is 6.16 Å². The molecule has 2 fully saturated rings. The highest BCUT2D eigenvalue weighted by Crippen LogP contribution is 2.50. The molecular weight excluding hydrogens is 511 g/mol. The number of benzene rings is 2. The van der Waals surface area contributed by atoms with Crippen LogP contribution in [-0.4, -0.2) is 6.16 Å². The SMILES string of the molecule is CCCCCCCCCCCCP(=O)(Oc1ccc(C2CCCCC2)cc1)Oc1ccc(C2CCCCC2)cc1. The molecule has 0 unspecified atom stereocenters. The summed E-state index contributed by atoms with van der Waals surface area (Å²) < 4.78 is 26.5. The Balaban J connectivity index is 1.32. The van der Waals surface area contributed by atoms with Crippen LogP contribution in [0, 0.1) is 0 Å². The monoisotopic (exact) mass is 566 g/mol. The first kappa shape index (κ1) is 31.2. The van der Waals surface area contributed by atoms with Gasteiger partial charge in [-0.05, 0) is 79.3 Å². The molecule has 0 radical (unpaired) electrons. The summed E-state index contributed by atoms with van der Waals surface area (Å²) in [5, 5.41) is 0. The standard InChI is InChI=1S/C36H55O3P/c1-2-3-4-5-6-7-8-9-10-17-30-40(37,38-35-26-22-33(23-27-35)31-18-13-11-14-19-31)39-36-28-24-34(25-29-36)32-20-15-12-16-21-32/h22-29,31-32H,2-21,30H2,1H3. The Morgan fingerprint density at radius 2 is 0.925 bits per heavy atom. The Bertz CT molecular complexity index is 920. The molecule has 222 valence electrons. The maximum Gasteiger partial charge on any atom is 0.430 e. The Labute approximate surface area is 245 Å². The van der Waals surface area contributed by atoms with Crippen molar-refractivity contribution in [1.29, 1.82) is 0 Å². The third-order valence-corrected chi connectivity index (χ3v) is 11.0. The van der Waals surface area contributed by atoms with Gasteiger partial charge in [0.2, 0.25) is 0 Å². The van der Waals surface area contributed by atoms with E-state index < -0.39 is 7.60 Å². The molecule has 0 saturated heterocycles. The Hall–Kier alpha value is -1.73. The molecule has 0 atom stereocenters. The van der Waals surface area contributed by atoms with Gasteiger partial charge in [0.05, 0.1) is 6.16 Å². The molecule has 2 aromatic carbocycles. The van der Waals surface area contributed by atoms with Crippen molar-refractivity contribution < 1.29 is 13.6 Å². The molecule has 0 aliphatic heterocycles. The smallest absolute Gasteiger partial charge is 0.416 e. The van der Waals surface area contributed by atoms with Crippen molar-refractivity contribution in [3.05, 3.63) is 59.7 Å². The van der Waals surface area contributed by atoms with E-state index in [0.29, 0.717) is 29.5 Å². The van der Waals surface area contributed by atoms with Gasteiger partial charge in [0.15, 0.2) is 0 Å². The lowest BCUT2D eigenvalue weighted by Crippen LogP contribution is -2.07. The molecule has 3 nitrogen and oxygen atoms in total. The van der Waals surface area contributed by atoms with E-state index in [4.69, 9.17) is 9.05 Å². The fourth-order valence-electron chi connectivity index (χ4n) is 6.70. The molecule has 40 heavy (non-hydrogen) atoms. The average Bonchev–Trinajstić information content (AvgIpc) is 3.00. The summed E-state index contributed by atoms with van der Waals surface area (Å²) in [6, 6.07) is 16.7. The highest BCUT2D eigenvalue weighted by molar-refractivity contribution is 7.54. The molecule has 2 aliphatic rings. The van der Waals surface area contributed by atoms with Crippen molar-refractivity contribution >= 4 is 7.60 Å². The highest BCUT2D eigenvalue weighted by atomic mass is 31.2. The topological polar surface area (TPSA) is 35.5 Å². The lowest BCUT2D eigenvalue weighted by molar-refractivity contribution is 0.382. The van der Waals surface area contributed by atoms with Crippen LogP contribution in [0.4, 0.5) is 0 Å². The van der Waals surface area contributed by atoms with Crippen molar-refractivity contribution in [3.8, 4) is 11.5 Å². The molecular formula is C36H55O3P. The summed E-state index contributed by atoms with van der Waals surface area (Å²) in [6.07, 6.45) is 26.0. The fourth-order valence-corrected chi connectivity index (χ4v) is 8.41. The summed E-state index contributed by atoms with van der Waals surface area (Å²) in [7, 11) is -3.33. The molecule has 0 N–H and O–H groups in total. The van der Waals surface area contributed by atoms with Crippen LogP contribution < -0.4 is 9.05 Å². The number of rotatable bonds is 17. The van der Waals surface area contributed by atoms with E-state index in [1.807, 2.05) is 24.3 Å². The van der Waals surface area contributed by atoms with Gasteiger partial charge in [0, 0.05) is 0 Å². The minimum atomic E-state index is -3.33. The van der Waals surface area contributed by atoms with Crippen molar-refractivity contribution in [3.63, 3.8) is 0 Å². The molecule has 2 aromatic rings. The zero-order valence-corrected chi connectivity index (χ0v) is 26.2. The molecule has 0 bridgehead atoms. The van der Waals surface area contributed by atoms with Crippen molar-refractivity contribution in [2.24, 2.45) is 0 Å². The van der Waals surface area contributed by atoms with E-state index >= 15 is 0 Å². The Morgan fingerprint density at radius 3 is 1.32 bits per heavy atom. The van der Waals surface area contributed by atoms with Gasteiger partial charge in [-0.3, -0.25) is 0 Å². The Morgan fingerprint density at radius 1 is 0.550 bits per heavy atom. The van der Waals surface area contributed by atoms with E-state index in [0.717, 1.165) is 12.8 Å². The van der Waals surface area contributed by atoms with Gasteiger partial charge in [-0.15, -0.1) is 0 Å². The summed E-state index contributed by atoms with van der Waals surface area (Å²) in [4.78, 5) is 0. The first-order valence-corrected chi connectivity index (χ1v) is 18.6. The third-order valence-electron chi connectivity index (χ3n) is 9.19. The third kappa shape index (κ3) is 10.6. The normalized spacial score (nSPS) is 17.1. The van der Waals surface area contributed by atoms with Crippen molar-refractivity contribution in [1.82, 2.24) is 0 Å². The van der Waals surface area contributed by atoms with Crippen LogP contribution in [0.5, 0.6) is 11.5 Å².